The second-order valence-electron chi connectivity index (χ2n) is 5.95. The number of carbonyl (C=O) groups is 1. The summed E-state index contributed by atoms with van der Waals surface area (Å²) >= 11 is 0. The number of fused-ring (bicyclic) bond motifs is 2. The molecule has 1 amide bonds. The van der Waals surface area contributed by atoms with E-state index >= 15 is 0 Å². The van der Waals surface area contributed by atoms with E-state index in [1.165, 1.54) is 11.3 Å². The number of hydrogen-bond donors (Lipinski definition) is 1. The molecule has 3 aromatic rings. The largest absolute Gasteiger partial charge is 0.422 e. The highest BCUT2D eigenvalue weighted by atomic mass is 16.4. The highest BCUT2D eigenvalue weighted by Gasteiger charge is 2.18. The molecule has 0 aliphatic carbocycles. The highest BCUT2D eigenvalue weighted by Crippen LogP contribution is 2.29. The number of hydrogen-bond acceptors (Lipinski definition) is 4. The van der Waals surface area contributed by atoms with Crippen LogP contribution in [0, 0.1) is 0 Å². The minimum absolute atomic E-state index is 0.00585. The molecule has 1 aliphatic rings. The van der Waals surface area contributed by atoms with Gasteiger partial charge in [0.15, 0.2) is 0 Å². The van der Waals surface area contributed by atoms with E-state index < -0.39 is 11.5 Å². The summed E-state index contributed by atoms with van der Waals surface area (Å²) in [5.74, 6) is -0.458. The van der Waals surface area contributed by atoms with Gasteiger partial charge in [-0.05, 0) is 42.3 Å². The molecular formula is C19H16N2O3. The van der Waals surface area contributed by atoms with Crippen molar-refractivity contribution < 1.29 is 9.21 Å². The Balaban J connectivity index is 1.65. The maximum atomic E-state index is 12.5. The van der Waals surface area contributed by atoms with Crippen molar-refractivity contribution in [1.29, 1.82) is 0 Å². The average Bonchev–Trinajstić information content (AvgIpc) is 2.94. The van der Waals surface area contributed by atoms with Crippen molar-refractivity contribution in [2.75, 3.05) is 23.8 Å². The van der Waals surface area contributed by atoms with E-state index in [0.717, 1.165) is 18.4 Å². The SMILES string of the molecule is CN1CCc2cc(NC(=O)c3cc4ccccc4oc3=O)ccc21. The van der Waals surface area contributed by atoms with Crippen molar-refractivity contribution in [1.82, 2.24) is 0 Å². The predicted octanol–water partition coefficient (Wildman–Crippen LogP) is 3.04. The summed E-state index contributed by atoms with van der Waals surface area (Å²) in [4.78, 5) is 26.7. The molecule has 1 aliphatic heterocycles. The second-order valence-corrected chi connectivity index (χ2v) is 5.95. The Hall–Kier alpha value is -3.08. The third-order valence-corrected chi connectivity index (χ3v) is 4.35. The van der Waals surface area contributed by atoms with Crippen LogP contribution in [0.1, 0.15) is 15.9 Å². The van der Waals surface area contributed by atoms with Crippen molar-refractivity contribution in [3.63, 3.8) is 0 Å². The highest BCUT2D eigenvalue weighted by molar-refractivity contribution is 6.05. The molecule has 5 nitrogen and oxygen atoms in total. The van der Waals surface area contributed by atoms with Gasteiger partial charge >= 0.3 is 5.63 Å². The predicted molar refractivity (Wildman–Crippen MR) is 93.9 cm³/mol. The van der Waals surface area contributed by atoms with Gasteiger partial charge in [0.2, 0.25) is 0 Å². The molecule has 0 fully saturated rings. The van der Waals surface area contributed by atoms with Crippen LogP contribution in [0.3, 0.4) is 0 Å². The molecule has 2 aromatic carbocycles. The number of benzene rings is 2. The van der Waals surface area contributed by atoms with E-state index in [0.29, 0.717) is 11.3 Å². The minimum Gasteiger partial charge on any atom is -0.422 e. The summed E-state index contributed by atoms with van der Waals surface area (Å²) < 4.78 is 5.22. The summed E-state index contributed by atoms with van der Waals surface area (Å²) in [7, 11) is 2.05. The van der Waals surface area contributed by atoms with Crippen LogP contribution in [0.2, 0.25) is 0 Å². The third kappa shape index (κ3) is 2.44. The number of carbonyl (C=O) groups excluding carboxylic acids is 1. The average molecular weight is 320 g/mol. The van der Waals surface area contributed by atoms with Gasteiger partial charge in [-0.15, -0.1) is 0 Å². The molecule has 1 aromatic heterocycles. The smallest absolute Gasteiger partial charge is 0.349 e. The quantitative estimate of drug-likeness (QED) is 0.737. The maximum Gasteiger partial charge on any atom is 0.349 e. The lowest BCUT2D eigenvalue weighted by Crippen LogP contribution is -2.20. The molecule has 0 saturated carbocycles. The van der Waals surface area contributed by atoms with Gasteiger partial charge in [-0.25, -0.2) is 4.79 Å². The molecule has 0 bridgehead atoms. The van der Waals surface area contributed by atoms with E-state index in [-0.39, 0.29) is 5.56 Å². The van der Waals surface area contributed by atoms with Gasteiger partial charge in [0.1, 0.15) is 11.1 Å². The lowest BCUT2D eigenvalue weighted by molar-refractivity contribution is 0.102. The van der Waals surface area contributed by atoms with Crippen LogP contribution in [-0.4, -0.2) is 19.5 Å². The van der Waals surface area contributed by atoms with Gasteiger partial charge in [-0.1, -0.05) is 18.2 Å². The van der Waals surface area contributed by atoms with E-state index in [1.54, 1.807) is 24.3 Å². The lowest BCUT2D eigenvalue weighted by Gasteiger charge is -2.12. The van der Waals surface area contributed by atoms with Crippen LogP contribution in [0.15, 0.2) is 57.7 Å². The molecule has 0 radical (unpaired) electrons. The van der Waals surface area contributed by atoms with Crippen molar-refractivity contribution in [2.45, 2.75) is 6.42 Å². The van der Waals surface area contributed by atoms with Crippen LogP contribution in [-0.2, 0) is 6.42 Å². The molecule has 0 unspecified atom stereocenters. The zero-order valence-corrected chi connectivity index (χ0v) is 13.2. The first-order chi connectivity index (χ1) is 11.6. The topological polar surface area (TPSA) is 62.6 Å². The van der Waals surface area contributed by atoms with Gasteiger partial charge in [-0.2, -0.15) is 0 Å². The molecular weight excluding hydrogens is 304 g/mol. The molecule has 1 N–H and O–H groups in total. The maximum absolute atomic E-state index is 12.5. The Labute approximate surface area is 138 Å². The summed E-state index contributed by atoms with van der Waals surface area (Å²) in [6, 6.07) is 14.5. The van der Waals surface area contributed by atoms with E-state index in [1.807, 2.05) is 31.3 Å². The summed E-state index contributed by atoms with van der Waals surface area (Å²) in [5, 5.41) is 3.51. The first kappa shape index (κ1) is 14.5. The fourth-order valence-corrected chi connectivity index (χ4v) is 3.06. The van der Waals surface area contributed by atoms with E-state index in [2.05, 4.69) is 10.2 Å². The number of amides is 1. The van der Waals surface area contributed by atoms with E-state index in [4.69, 9.17) is 4.42 Å². The van der Waals surface area contributed by atoms with Crippen LogP contribution >= 0.6 is 0 Å². The summed E-state index contributed by atoms with van der Waals surface area (Å²) in [6.45, 7) is 0.973. The normalized spacial score (nSPS) is 13.1. The van der Waals surface area contributed by atoms with Crippen LogP contribution in [0.25, 0.3) is 11.0 Å². The van der Waals surface area contributed by atoms with Gasteiger partial charge in [0, 0.05) is 30.4 Å². The lowest BCUT2D eigenvalue weighted by atomic mass is 10.1. The third-order valence-electron chi connectivity index (χ3n) is 4.35. The van der Waals surface area contributed by atoms with Gasteiger partial charge in [-0.3, -0.25) is 4.79 Å². The molecule has 0 saturated heterocycles. The fourth-order valence-electron chi connectivity index (χ4n) is 3.06. The van der Waals surface area contributed by atoms with Crippen LogP contribution < -0.4 is 15.8 Å². The zero-order valence-electron chi connectivity index (χ0n) is 13.2. The number of para-hydroxylation sites is 1. The van der Waals surface area contributed by atoms with Gasteiger partial charge < -0.3 is 14.6 Å². The number of nitrogens with zero attached hydrogens (tertiary/aromatic N) is 1. The van der Waals surface area contributed by atoms with Crippen molar-refractivity contribution in [3.05, 3.63) is 70.1 Å². The number of rotatable bonds is 2. The van der Waals surface area contributed by atoms with Gasteiger partial charge in [0.25, 0.3) is 5.91 Å². The fraction of sp³-hybridized carbons (Fsp3) is 0.158. The van der Waals surface area contributed by atoms with Crippen LogP contribution in [0.5, 0.6) is 0 Å². The standard InChI is InChI=1S/C19H16N2O3/c1-21-9-8-12-10-14(6-7-16(12)21)20-18(22)15-11-13-4-2-3-5-17(13)24-19(15)23/h2-7,10-11H,8-9H2,1H3,(H,20,22). The molecule has 0 atom stereocenters. The Bertz CT molecular complexity index is 1010. The monoisotopic (exact) mass is 320 g/mol. The van der Waals surface area contributed by atoms with Crippen molar-refractivity contribution in [2.24, 2.45) is 0 Å². The minimum atomic E-state index is -0.632. The summed E-state index contributed by atoms with van der Waals surface area (Å²) in [6.07, 6.45) is 0.952. The van der Waals surface area contributed by atoms with Gasteiger partial charge in [0.05, 0.1) is 0 Å². The molecule has 2 heterocycles. The Morgan fingerprint density at radius 1 is 1.17 bits per heavy atom. The number of anilines is 2. The van der Waals surface area contributed by atoms with Crippen molar-refractivity contribution >= 4 is 28.3 Å². The molecule has 24 heavy (non-hydrogen) atoms. The number of likely N-dealkylation sites (N-methyl/N-ethyl adjacent to an activating group) is 1. The van der Waals surface area contributed by atoms with Crippen LogP contribution in [0.4, 0.5) is 11.4 Å². The summed E-state index contributed by atoms with van der Waals surface area (Å²) in [5.41, 5.74) is 2.90. The first-order valence-electron chi connectivity index (χ1n) is 7.80. The number of nitrogens with one attached hydrogen (secondary N) is 1. The molecule has 120 valence electrons. The zero-order chi connectivity index (χ0) is 16.7. The van der Waals surface area contributed by atoms with E-state index in [9.17, 15) is 9.59 Å². The Morgan fingerprint density at radius 2 is 2.00 bits per heavy atom. The molecule has 0 spiro atoms. The Morgan fingerprint density at radius 3 is 2.88 bits per heavy atom. The van der Waals surface area contributed by atoms with Crippen molar-refractivity contribution in [3.8, 4) is 0 Å². The Kier molecular flexibility index (Phi) is 3.34. The first-order valence-corrected chi connectivity index (χ1v) is 7.80. The second kappa shape index (κ2) is 5.53. The molecule has 4 rings (SSSR count). The molecule has 5 heteroatoms.